The number of halogens is 1. The molecule has 1 aliphatic heterocycles. The van der Waals surface area contributed by atoms with E-state index in [4.69, 9.17) is 20.8 Å². The molecule has 4 rings (SSSR count). The number of ether oxygens (including phenoxy) is 1. The maximum atomic E-state index is 11.6. The molecular formula is C26H30ClN2O8S2+. The lowest BCUT2D eigenvalue weighted by molar-refractivity contribution is -0.678. The number of aryl methyl sites for hydroxylation is 1. The smallest absolute Gasteiger partial charge is 0.374 e. The average Bonchev–Trinajstić information content (AvgIpc) is 3.37. The Hall–Kier alpha value is -2.90. The Kier molecular flexibility index (Phi) is 8.72. The van der Waals surface area contributed by atoms with Gasteiger partial charge in [-0.2, -0.15) is 21.4 Å². The summed E-state index contributed by atoms with van der Waals surface area (Å²) in [7, 11) is -8.29. The van der Waals surface area contributed by atoms with Gasteiger partial charge >= 0.3 is 5.89 Å². The largest absolute Gasteiger partial charge is 0.439 e. The van der Waals surface area contributed by atoms with Crippen molar-refractivity contribution in [1.29, 1.82) is 0 Å². The highest BCUT2D eigenvalue weighted by Crippen LogP contribution is 2.41. The minimum Gasteiger partial charge on any atom is -0.439 e. The van der Waals surface area contributed by atoms with E-state index < -0.39 is 31.2 Å². The summed E-state index contributed by atoms with van der Waals surface area (Å²) in [6.07, 6.45) is 4.57. The molecule has 0 bridgehead atoms. The summed E-state index contributed by atoms with van der Waals surface area (Å²) in [5, 5.41) is -0.455. The van der Waals surface area contributed by atoms with E-state index in [1.165, 1.54) is 6.92 Å². The fourth-order valence-corrected chi connectivity index (χ4v) is 5.29. The zero-order valence-corrected chi connectivity index (χ0v) is 23.8. The molecule has 2 heterocycles. The van der Waals surface area contributed by atoms with Crippen LogP contribution in [0.2, 0.25) is 5.02 Å². The van der Waals surface area contributed by atoms with Gasteiger partial charge in [-0.25, -0.2) is 0 Å². The maximum Gasteiger partial charge on any atom is 0.374 e. The van der Waals surface area contributed by atoms with Crippen molar-refractivity contribution in [2.24, 2.45) is 0 Å². The van der Waals surface area contributed by atoms with Crippen LogP contribution in [-0.2, 0) is 26.8 Å². The van der Waals surface area contributed by atoms with Crippen LogP contribution < -0.4 is 14.2 Å². The third-order valence-electron chi connectivity index (χ3n) is 6.41. The average molecular weight is 598 g/mol. The van der Waals surface area contributed by atoms with E-state index in [2.05, 4.69) is 0 Å². The Labute approximate surface area is 232 Å². The van der Waals surface area contributed by atoms with E-state index in [0.717, 1.165) is 11.1 Å². The SMILES string of the molecule is CCC(=Cc1oc2ccccc2[n+]1CCC(C)S(=O)(=O)O)C=C1Oc2ccc(Cl)cc2N1CCCS(=O)(=O)O. The summed E-state index contributed by atoms with van der Waals surface area (Å²) in [5.74, 6) is 1.11. The highest BCUT2D eigenvalue weighted by atomic mass is 35.5. The molecule has 1 unspecified atom stereocenters. The number of hydrogen-bond donors (Lipinski definition) is 2. The monoisotopic (exact) mass is 597 g/mol. The molecule has 0 amide bonds. The quantitative estimate of drug-likeness (QED) is 0.234. The van der Waals surface area contributed by atoms with Crippen molar-refractivity contribution in [3.63, 3.8) is 0 Å². The second-order valence-corrected chi connectivity index (χ2v) is 13.1. The van der Waals surface area contributed by atoms with Crippen LogP contribution in [0.3, 0.4) is 0 Å². The number of hydrogen-bond acceptors (Lipinski definition) is 7. The lowest BCUT2D eigenvalue weighted by Gasteiger charge is -2.18. The Morgan fingerprint density at radius 1 is 1.15 bits per heavy atom. The lowest BCUT2D eigenvalue weighted by atomic mass is 10.1. The van der Waals surface area contributed by atoms with Gasteiger partial charge in [-0.05, 0) is 49.6 Å². The normalized spacial score (nSPS) is 16.1. The van der Waals surface area contributed by atoms with Crippen LogP contribution in [0.1, 0.15) is 39.0 Å². The standard InChI is InChI=1S/C26H29ClN2O8S2/c1-3-19(15-25-28(12-6-14-38(30,31)32)22-17-20(27)9-10-24(22)37-25)16-26-29(13-11-18(2)39(33,34)35)21-7-4-5-8-23(21)36-26/h4-5,7-10,15-18H,3,6,11-14H2,1-2H3,(H-,30,31,32,33,34,35)/p+1. The van der Waals surface area contributed by atoms with Crippen molar-refractivity contribution in [3.05, 3.63) is 70.9 Å². The Bertz CT molecular complexity index is 1650. The van der Waals surface area contributed by atoms with Crippen molar-refractivity contribution in [2.45, 2.75) is 44.9 Å². The van der Waals surface area contributed by atoms with Crippen molar-refractivity contribution in [3.8, 4) is 5.75 Å². The summed E-state index contributed by atoms with van der Waals surface area (Å²) in [6, 6.07) is 12.5. The molecule has 39 heavy (non-hydrogen) atoms. The van der Waals surface area contributed by atoms with Gasteiger partial charge in [-0.3, -0.25) is 9.11 Å². The van der Waals surface area contributed by atoms with Crippen molar-refractivity contribution in [2.75, 3.05) is 17.2 Å². The second kappa shape index (κ2) is 11.7. The molecule has 0 fully saturated rings. The highest BCUT2D eigenvalue weighted by molar-refractivity contribution is 7.86. The zero-order chi connectivity index (χ0) is 28.4. The number of nitrogens with zero attached hydrogens (tertiary/aromatic N) is 2. The molecule has 0 saturated heterocycles. The molecule has 2 aromatic carbocycles. The van der Waals surface area contributed by atoms with Crippen LogP contribution in [0.5, 0.6) is 5.75 Å². The van der Waals surface area contributed by atoms with E-state index >= 15 is 0 Å². The van der Waals surface area contributed by atoms with Crippen LogP contribution in [-0.4, -0.2) is 43.5 Å². The van der Waals surface area contributed by atoms with Crippen molar-refractivity contribution >= 4 is 54.7 Å². The number of rotatable bonds is 11. The molecule has 1 aliphatic rings. The van der Waals surface area contributed by atoms with Gasteiger partial charge in [0.25, 0.3) is 25.8 Å². The zero-order valence-electron chi connectivity index (χ0n) is 21.4. The van der Waals surface area contributed by atoms with Crippen molar-refractivity contribution in [1.82, 2.24) is 0 Å². The van der Waals surface area contributed by atoms with Gasteiger partial charge in [0.05, 0.1) is 22.8 Å². The predicted molar refractivity (Wildman–Crippen MR) is 149 cm³/mol. The fourth-order valence-electron chi connectivity index (χ4n) is 4.23. The Balaban J connectivity index is 1.70. The number of benzene rings is 2. The topological polar surface area (TPSA) is 138 Å². The minimum absolute atomic E-state index is 0.159. The number of fused-ring (bicyclic) bond motifs is 2. The van der Waals surface area contributed by atoms with Crippen LogP contribution >= 0.6 is 11.6 Å². The van der Waals surface area contributed by atoms with E-state index in [9.17, 15) is 25.9 Å². The molecular weight excluding hydrogens is 568 g/mol. The second-order valence-electron chi connectivity index (χ2n) is 9.23. The van der Waals surface area contributed by atoms with Gasteiger partial charge in [0.1, 0.15) is 0 Å². The summed E-state index contributed by atoms with van der Waals surface area (Å²) in [5.41, 5.74) is 2.90. The van der Waals surface area contributed by atoms with Gasteiger partial charge in [0.2, 0.25) is 11.5 Å². The van der Waals surface area contributed by atoms with Gasteiger partial charge in [0, 0.05) is 30.1 Å². The summed E-state index contributed by atoms with van der Waals surface area (Å²) >= 11 is 6.20. The van der Waals surface area contributed by atoms with E-state index in [1.54, 1.807) is 23.1 Å². The Morgan fingerprint density at radius 2 is 1.90 bits per heavy atom. The summed E-state index contributed by atoms with van der Waals surface area (Å²) < 4.78 is 78.3. The van der Waals surface area contributed by atoms with Crippen molar-refractivity contribution < 1.29 is 39.7 Å². The molecule has 2 N–H and O–H groups in total. The number of anilines is 1. The predicted octanol–water partition coefficient (Wildman–Crippen LogP) is 4.85. The maximum absolute atomic E-state index is 11.6. The lowest BCUT2D eigenvalue weighted by Crippen LogP contribution is -2.37. The van der Waals surface area contributed by atoms with Crippen LogP contribution in [0.15, 0.2) is 64.4 Å². The van der Waals surface area contributed by atoms with Crippen LogP contribution in [0, 0.1) is 0 Å². The first-order valence-electron chi connectivity index (χ1n) is 12.4. The number of aromatic nitrogens is 1. The summed E-state index contributed by atoms with van der Waals surface area (Å²) in [4.78, 5) is 1.80. The number of allylic oxidation sites excluding steroid dienone is 2. The first-order chi connectivity index (χ1) is 18.4. The van der Waals surface area contributed by atoms with Gasteiger partial charge in [-0.1, -0.05) is 30.7 Å². The first kappa shape index (κ1) is 29.1. The molecule has 0 spiro atoms. The third kappa shape index (κ3) is 7.20. The molecule has 0 saturated carbocycles. The van der Waals surface area contributed by atoms with Gasteiger partial charge in [-0.15, -0.1) is 0 Å². The number of oxazole rings is 1. The molecule has 0 radical (unpaired) electrons. The summed E-state index contributed by atoms with van der Waals surface area (Å²) in [6.45, 7) is 3.96. The number of para-hydroxylation sites is 2. The van der Waals surface area contributed by atoms with E-state index in [1.807, 2.05) is 47.9 Å². The van der Waals surface area contributed by atoms with Crippen LogP contribution in [0.4, 0.5) is 5.69 Å². The first-order valence-corrected chi connectivity index (χ1v) is 15.8. The third-order valence-corrected chi connectivity index (χ3v) is 8.70. The molecule has 13 heteroatoms. The van der Waals surface area contributed by atoms with E-state index in [0.29, 0.717) is 46.8 Å². The molecule has 210 valence electrons. The van der Waals surface area contributed by atoms with Gasteiger partial charge in [0.15, 0.2) is 12.3 Å². The molecule has 1 atom stereocenters. The molecule has 10 nitrogen and oxygen atoms in total. The minimum atomic E-state index is -4.17. The fraction of sp³-hybridized carbons (Fsp3) is 0.346. The molecule has 1 aromatic heterocycles. The molecule has 0 aliphatic carbocycles. The van der Waals surface area contributed by atoms with E-state index in [-0.39, 0.29) is 19.4 Å². The van der Waals surface area contributed by atoms with Crippen LogP contribution in [0.25, 0.3) is 17.2 Å². The molecule has 3 aromatic rings. The Morgan fingerprint density at radius 3 is 2.59 bits per heavy atom. The highest BCUT2D eigenvalue weighted by Gasteiger charge is 2.28. The van der Waals surface area contributed by atoms with Gasteiger partial charge < -0.3 is 14.1 Å².